The van der Waals surface area contributed by atoms with E-state index in [4.69, 9.17) is 9.84 Å². The van der Waals surface area contributed by atoms with Gasteiger partial charge in [0.15, 0.2) is 0 Å². The van der Waals surface area contributed by atoms with Gasteiger partial charge in [-0.2, -0.15) is 0 Å². The molecule has 1 amide bonds. The first-order chi connectivity index (χ1) is 5.70. The first-order valence-corrected chi connectivity index (χ1v) is 4.27. The number of carbonyl (C=O) groups excluding carboxylic acids is 1. The van der Waals surface area contributed by atoms with Crippen LogP contribution in [0.2, 0.25) is 0 Å². The number of amides is 1. The molecule has 4 nitrogen and oxygen atoms in total. The zero-order chi connectivity index (χ0) is 8.97. The van der Waals surface area contributed by atoms with Crippen LogP contribution in [0.1, 0.15) is 19.8 Å². The molecule has 1 heterocycles. The molecule has 1 saturated heterocycles. The Labute approximate surface area is 71.9 Å². The number of hydrogen-bond acceptors (Lipinski definition) is 3. The second kappa shape index (κ2) is 4.42. The molecule has 0 aromatic heterocycles. The number of aliphatic hydroxyl groups excluding tert-OH is 1. The fourth-order valence-electron chi connectivity index (χ4n) is 1.17. The molecule has 1 aliphatic heterocycles. The Kier molecular flexibility index (Phi) is 3.49. The molecule has 0 saturated carbocycles. The molecular formula is C8H15NO3. The van der Waals surface area contributed by atoms with E-state index in [1.165, 1.54) is 6.92 Å². The van der Waals surface area contributed by atoms with Crippen molar-refractivity contribution in [1.82, 2.24) is 5.32 Å². The van der Waals surface area contributed by atoms with Gasteiger partial charge in [0, 0.05) is 13.2 Å². The van der Waals surface area contributed by atoms with Crippen LogP contribution in [0.3, 0.4) is 0 Å². The molecule has 0 radical (unpaired) electrons. The van der Waals surface area contributed by atoms with Crippen LogP contribution in [0.4, 0.5) is 0 Å². The molecule has 70 valence electrons. The van der Waals surface area contributed by atoms with Gasteiger partial charge in [0.05, 0.1) is 6.10 Å². The highest BCUT2D eigenvalue weighted by molar-refractivity contribution is 5.79. The summed E-state index contributed by atoms with van der Waals surface area (Å²) >= 11 is 0. The highest BCUT2D eigenvalue weighted by Gasteiger charge is 2.17. The molecule has 0 bridgehead atoms. The SMILES string of the molecule is C[C@H](O)C(=O)NCC1CCCO1. The second-order valence-electron chi connectivity index (χ2n) is 3.06. The number of carbonyl (C=O) groups is 1. The van der Waals surface area contributed by atoms with Crippen molar-refractivity contribution in [3.8, 4) is 0 Å². The third kappa shape index (κ3) is 2.79. The number of nitrogens with one attached hydrogen (secondary N) is 1. The predicted octanol–water partition coefficient (Wildman–Crippen LogP) is -0.338. The van der Waals surface area contributed by atoms with E-state index < -0.39 is 6.10 Å². The first-order valence-electron chi connectivity index (χ1n) is 4.27. The van der Waals surface area contributed by atoms with Crippen LogP contribution in [0.25, 0.3) is 0 Å². The lowest BCUT2D eigenvalue weighted by Crippen LogP contribution is -2.37. The Morgan fingerprint density at radius 3 is 3.08 bits per heavy atom. The lowest BCUT2D eigenvalue weighted by Gasteiger charge is -2.11. The van der Waals surface area contributed by atoms with Gasteiger partial charge in [-0.25, -0.2) is 0 Å². The molecule has 1 unspecified atom stereocenters. The van der Waals surface area contributed by atoms with Crippen molar-refractivity contribution in [3.63, 3.8) is 0 Å². The van der Waals surface area contributed by atoms with Gasteiger partial charge in [-0.3, -0.25) is 4.79 Å². The minimum absolute atomic E-state index is 0.146. The van der Waals surface area contributed by atoms with Gasteiger partial charge >= 0.3 is 0 Å². The molecule has 1 fully saturated rings. The van der Waals surface area contributed by atoms with Crippen molar-refractivity contribution >= 4 is 5.91 Å². The summed E-state index contributed by atoms with van der Waals surface area (Å²) in [5, 5.41) is 11.5. The molecule has 0 aromatic carbocycles. The van der Waals surface area contributed by atoms with Gasteiger partial charge in [0.1, 0.15) is 6.10 Å². The highest BCUT2D eigenvalue weighted by atomic mass is 16.5. The van der Waals surface area contributed by atoms with E-state index in [9.17, 15) is 4.79 Å². The van der Waals surface area contributed by atoms with Crippen LogP contribution < -0.4 is 5.32 Å². The summed E-state index contributed by atoms with van der Waals surface area (Å²) in [5.74, 6) is -0.328. The van der Waals surface area contributed by atoms with Crippen molar-refractivity contribution in [2.75, 3.05) is 13.2 Å². The van der Waals surface area contributed by atoms with Gasteiger partial charge in [-0.1, -0.05) is 0 Å². The summed E-state index contributed by atoms with van der Waals surface area (Å²) < 4.78 is 5.29. The molecule has 0 spiro atoms. The van der Waals surface area contributed by atoms with E-state index in [0.717, 1.165) is 19.4 Å². The summed E-state index contributed by atoms with van der Waals surface area (Å²) in [6.45, 7) is 2.75. The largest absolute Gasteiger partial charge is 0.384 e. The van der Waals surface area contributed by atoms with E-state index in [1.54, 1.807) is 0 Å². The number of ether oxygens (including phenoxy) is 1. The average molecular weight is 173 g/mol. The summed E-state index contributed by atoms with van der Waals surface area (Å²) in [4.78, 5) is 10.9. The summed E-state index contributed by atoms with van der Waals surface area (Å²) in [6, 6.07) is 0. The number of aliphatic hydroxyl groups is 1. The van der Waals surface area contributed by atoms with Crippen LogP contribution in [-0.2, 0) is 9.53 Å². The van der Waals surface area contributed by atoms with Crippen molar-refractivity contribution in [3.05, 3.63) is 0 Å². The molecule has 12 heavy (non-hydrogen) atoms. The predicted molar refractivity (Wildman–Crippen MR) is 43.7 cm³/mol. The molecule has 1 aliphatic rings. The zero-order valence-corrected chi connectivity index (χ0v) is 7.25. The van der Waals surface area contributed by atoms with Crippen LogP contribution in [0.5, 0.6) is 0 Å². The lowest BCUT2D eigenvalue weighted by atomic mass is 10.2. The topological polar surface area (TPSA) is 58.6 Å². The van der Waals surface area contributed by atoms with Crippen molar-refractivity contribution < 1.29 is 14.6 Å². The summed E-state index contributed by atoms with van der Waals surface area (Å²) in [6.07, 6.45) is 1.29. The van der Waals surface area contributed by atoms with E-state index in [-0.39, 0.29) is 12.0 Å². The first kappa shape index (κ1) is 9.48. The maximum Gasteiger partial charge on any atom is 0.248 e. The molecule has 4 heteroatoms. The Bertz CT molecular complexity index is 152. The normalized spacial score (nSPS) is 25.3. The third-order valence-electron chi connectivity index (χ3n) is 1.91. The van der Waals surface area contributed by atoms with Crippen molar-refractivity contribution in [1.29, 1.82) is 0 Å². The maximum atomic E-state index is 10.9. The van der Waals surface area contributed by atoms with Gasteiger partial charge < -0.3 is 15.2 Å². The zero-order valence-electron chi connectivity index (χ0n) is 7.25. The van der Waals surface area contributed by atoms with Gasteiger partial charge in [-0.05, 0) is 19.8 Å². The van der Waals surface area contributed by atoms with E-state index >= 15 is 0 Å². The fourth-order valence-corrected chi connectivity index (χ4v) is 1.17. The van der Waals surface area contributed by atoms with E-state index in [2.05, 4.69) is 5.32 Å². The Morgan fingerprint density at radius 1 is 1.83 bits per heavy atom. The number of hydrogen-bond donors (Lipinski definition) is 2. The highest BCUT2D eigenvalue weighted by Crippen LogP contribution is 2.10. The molecule has 0 aromatic rings. The minimum atomic E-state index is -0.925. The quantitative estimate of drug-likeness (QED) is 0.614. The monoisotopic (exact) mass is 173 g/mol. The minimum Gasteiger partial charge on any atom is -0.384 e. The summed E-state index contributed by atoms with van der Waals surface area (Å²) in [5.41, 5.74) is 0. The van der Waals surface area contributed by atoms with Crippen molar-refractivity contribution in [2.45, 2.75) is 32.0 Å². The lowest BCUT2D eigenvalue weighted by molar-refractivity contribution is -0.128. The molecule has 2 N–H and O–H groups in total. The van der Waals surface area contributed by atoms with Crippen LogP contribution in [0, 0.1) is 0 Å². The molecule has 0 aliphatic carbocycles. The standard InChI is InChI=1S/C8H15NO3/c1-6(10)8(11)9-5-7-3-2-4-12-7/h6-7,10H,2-5H2,1H3,(H,9,11)/t6-,7?/m0/s1. The fraction of sp³-hybridized carbons (Fsp3) is 0.875. The molecule has 1 rings (SSSR count). The van der Waals surface area contributed by atoms with Crippen LogP contribution >= 0.6 is 0 Å². The van der Waals surface area contributed by atoms with Gasteiger partial charge in [-0.15, -0.1) is 0 Å². The van der Waals surface area contributed by atoms with Crippen molar-refractivity contribution in [2.24, 2.45) is 0 Å². The second-order valence-corrected chi connectivity index (χ2v) is 3.06. The Morgan fingerprint density at radius 2 is 2.58 bits per heavy atom. The molecule has 2 atom stereocenters. The molecular weight excluding hydrogens is 158 g/mol. The van der Waals surface area contributed by atoms with Gasteiger partial charge in [0.2, 0.25) is 5.91 Å². The van der Waals surface area contributed by atoms with Gasteiger partial charge in [0.25, 0.3) is 0 Å². The summed E-state index contributed by atoms with van der Waals surface area (Å²) in [7, 11) is 0. The average Bonchev–Trinajstić information content (AvgIpc) is 2.51. The van der Waals surface area contributed by atoms with E-state index in [1.807, 2.05) is 0 Å². The smallest absolute Gasteiger partial charge is 0.248 e. The Balaban J connectivity index is 2.12. The third-order valence-corrected chi connectivity index (χ3v) is 1.91. The maximum absolute atomic E-state index is 10.9. The number of rotatable bonds is 3. The van der Waals surface area contributed by atoms with Crippen LogP contribution in [-0.4, -0.2) is 36.4 Å². The van der Waals surface area contributed by atoms with Crippen LogP contribution in [0.15, 0.2) is 0 Å². The Hall–Kier alpha value is -0.610. The van der Waals surface area contributed by atoms with E-state index in [0.29, 0.717) is 6.54 Å².